The summed E-state index contributed by atoms with van der Waals surface area (Å²) in [6, 6.07) is 10.2. The number of hydrogen-bond donors (Lipinski definition) is 0. The van der Waals surface area contributed by atoms with Crippen LogP contribution in [0.5, 0.6) is 0 Å². The van der Waals surface area contributed by atoms with Gasteiger partial charge in [0.25, 0.3) is 0 Å². The fourth-order valence-corrected chi connectivity index (χ4v) is 2.34. The van der Waals surface area contributed by atoms with Crippen molar-refractivity contribution >= 4 is 22.6 Å². The Labute approximate surface area is 115 Å². The number of alkyl halides is 1. The first-order valence-corrected chi connectivity index (χ1v) is 7.02. The quantitative estimate of drug-likeness (QED) is 0.616. The molecule has 0 N–H and O–H groups in total. The van der Waals surface area contributed by atoms with Gasteiger partial charge in [-0.25, -0.2) is 4.68 Å². The van der Waals surface area contributed by atoms with Crippen LogP contribution < -0.4 is 0 Å². The molecule has 0 atom stereocenters. The molecule has 0 aliphatic rings. The van der Waals surface area contributed by atoms with Crippen molar-refractivity contribution in [2.45, 2.75) is 24.7 Å². The van der Waals surface area contributed by atoms with Crippen LogP contribution in [0.15, 0.2) is 36.5 Å². The number of ether oxygens (including phenoxy) is 1. The summed E-state index contributed by atoms with van der Waals surface area (Å²) in [4.78, 5) is 0. The molecule has 90 valence electrons. The van der Waals surface area contributed by atoms with Crippen molar-refractivity contribution in [1.82, 2.24) is 9.78 Å². The molecule has 3 nitrogen and oxygen atoms in total. The lowest BCUT2D eigenvalue weighted by molar-refractivity contribution is 0.0559. The maximum atomic E-state index is 5.62. The monoisotopic (exact) mass is 342 g/mol. The number of rotatable bonds is 5. The predicted molar refractivity (Wildman–Crippen MR) is 75.9 cm³/mol. The first-order valence-electron chi connectivity index (χ1n) is 5.50. The molecule has 0 aliphatic carbocycles. The van der Waals surface area contributed by atoms with Crippen LogP contribution in [-0.2, 0) is 22.5 Å². The predicted octanol–water partition coefficient (Wildman–Crippen LogP) is 3.30. The Morgan fingerprint density at radius 3 is 2.71 bits per heavy atom. The molecule has 1 aromatic carbocycles. The molecule has 2 rings (SSSR count). The normalized spacial score (nSPS) is 10.7. The van der Waals surface area contributed by atoms with Gasteiger partial charge in [0.2, 0.25) is 0 Å². The van der Waals surface area contributed by atoms with Gasteiger partial charge in [-0.15, -0.1) is 0 Å². The van der Waals surface area contributed by atoms with Gasteiger partial charge >= 0.3 is 0 Å². The third-order valence-electron chi connectivity index (χ3n) is 2.51. The summed E-state index contributed by atoms with van der Waals surface area (Å²) in [5, 5.41) is 4.44. The Balaban J connectivity index is 1.86. The Morgan fingerprint density at radius 1 is 1.29 bits per heavy atom. The van der Waals surface area contributed by atoms with E-state index in [-0.39, 0.29) is 0 Å². The highest BCUT2D eigenvalue weighted by Crippen LogP contribution is 2.10. The number of benzene rings is 1. The molecule has 0 amide bonds. The molecule has 0 spiro atoms. The fourth-order valence-electron chi connectivity index (χ4n) is 1.59. The third-order valence-corrected chi connectivity index (χ3v) is 3.23. The summed E-state index contributed by atoms with van der Waals surface area (Å²) in [5.74, 6) is 0. The molecule has 0 saturated carbocycles. The van der Waals surface area contributed by atoms with Crippen LogP contribution in [0.25, 0.3) is 0 Å². The minimum Gasteiger partial charge on any atom is -0.355 e. The molecule has 1 aromatic heterocycles. The minimum atomic E-state index is 0.506. The van der Waals surface area contributed by atoms with Gasteiger partial charge in [0, 0.05) is 10.6 Å². The smallest absolute Gasteiger partial charge is 0.139 e. The van der Waals surface area contributed by atoms with E-state index in [1.165, 1.54) is 11.1 Å². The first kappa shape index (κ1) is 12.6. The Morgan fingerprint density at radius 2 is 2.06 bits per heavy atom. The Bertz CT molecular complexity index is 468. The van der Waals surface area contributed by atoms with Gasteiger partial charge in [0.05, 0.1) is 12.3 Å². The van der Waals surface area contributed by atoms with Crippen molar-refractivity contribution < 1.29 is 4.74 Å². The van der Waals surface area contributed by atoms with Gasteiger partial charge in [-0.2, -0.15) is 5.10 Å². The van der Waals surface area contributed by atoms with Crippen molar-refractivity contribution in [3.05, 3.63) is 53.3 Å². The summed E-state index contributed by atoms with van der Waals surface area (Å²) in [6.07, 6.45) is 2.03. The molecule has 0 saturated heterocycles. The second-order valence-electron chi connectivity index (χ2n) is 3.90. The van der Waals surface area contributed by atoms with Crippen molar-refractivity contribution in [3.8, 4) is 0 Å². The van der Waals surface area contributed by atoms with Gasteiger partial charge in [-0.3, -0.25) is 0 Å². The van der Waals surface area contributed by atoms with Crippen LogP contribution in [0.2, 0.25) is 0 Å². The second kappa shape index (κ2) is 6.16. The van der Waals surface area contributed by atoms with Crippen LogP contribution in [-0.4, -0.2) is 9.78 Å². The van der Waals surface area contributed by atoms with Crippen molar-refractivity contribution in [1.29, 1.82) is 0 Å². The highest BCUT2D eigenvalue weighted by molar-refractivity contribution is 14.1. The lowest BCUT2D eigenvalue weighted by atomic mass is 10.2. The molecule has 1 heterocycles. The van der Waals surface area contributed by atoms with Crippen molar-refractivity contribution in [2.75, 3.05) is 0 Å². The summed E-state index contributed by atoms with van der Waals surface area (Å²) in [5.41, 5.74) is 3.54. The van der Waals surface area contributed by atoms with Crippen LogP contribution in [0.1, 0.15) is 16.8 Å². The molecule has 0 bridgehead atoms. The topological polar surface area (TPSA) is 27.1 Å². The third kappa shape index (κ3) is 3.54. The largest absolute Gasteiger partial charge is 0.355 e. The molecule has 0 fully saturated rings. The minimum absolute atomic E-state index is 0.506. The van der Waals surface area contributed by atoms with Crippen LogP contribution in [0.4, 0.5) is 0 Å². The number of halogens is 1. The van der Waals surface area contributed by atoms with Crippen molar-refractivity contribution in [2.24, 2.45) is 0 Å². The molecule has 0 unspecified atom stereocenters. The number of nitrogens with zero attached hydrogens (tertiary/aromatic N) is 2. The van der Waals surface area contributed by atoms with Gasteiger partial charge in [0.15, 0.2) is 0 Å². The first-order chi connectivity index (χ1) is 8.29. The summed E-state index contributed by atoms with van der Waals surface area (Å²) >= 11 is 2.32. The Kier molecular flexibility index (Phi) is 4.56. The molecule has 0 radical (unpaired) electrons. The number of hydrogen-bond acceptors (Lipinski definition) is 2. The van der Waals surface area contributed by atoms with Gasteiger partial charge < -0.3 is 4.74 Å². The zero-order valence-electron chi connectivity index (χ0n) is 9.77. The van der Waals surface area contributed by atoms with E-state index in [9.17, 15) is 0 Å². The Hall–Kier alpha value is -0.880. The van der Waals surface area contributed by atoms with E-state index >= 15 is 0 Å². The maximum Gasteiger partial charge on any atom is 0.139 e. The second-order valence-corrected chi connectivity index (χ2v) is 4.66. The van der Waals surface area contributed by atoms with Crippen LogP contribution >= 0.6 is 22.6 Å². The highest BCUT2D eigenvalue weighted by atomic mass is 127. The average molecular weight is 342 g/mol. The van der Waals surface area contributed by atoms with Gasteiger partial charge in [-0.1, -0.05) is 52.9 Å². The van der Waals surface area contributed by atoms with E-state index in [0.29, 0.717) is 13.3 Å². The number of aryl methyl sites for hydroxylation is 1. The van der Waals surface area contributed by atoms with E-state index in [1.807, 2.05) is 29.1 Å². The van der Waals surface area contributed by atoms with Crippen molar-refractivity contribution in [3.63, 3.8) is 0 Å². The standard InChI is InChI=1S/C13H15IN2O/c1-11-8-16(15-13(11)7-14)10-17-9-12-5-3-2-4-6-12/h2-6,8H,7,9-10H2,1H3. The molecule has 0 aliphatic heterocycles. The lowest BCUT2D eigenvalue weighted by Crippen LogP contribution is -2.03. The molecule has 4 heteroatoms. The summed E-state index contributed by atoms with van der Waals surface area (Å²) < 4.78 is 8.41. The molecule has 17 heavy (non-hydrogen) atoms. The van der Waals surface area contributed by atoms with Gasteiger partial charge in [0.1, 0.15) is 6.73 Å². The maximum absolute atomic E-state index is 5.62. The zero-order valence-corrected chi connectivity index (χ0v) is 11.9. The van der Waals surface area contributed by atoms with E-state index in [2.05, 4.69) is 46.7 Å². The lowest BCUT2D eigenvalue weighted by Gasteiger charge is -2.04. The zero-order chi connectivity index (χ0) is 12.1. The van der Waals surface area contributed by atoms with E-state index in [4.69, 9.17) is 4.74 Å². The highest BCUT2D eigenvalue weighted by Gasteiger charge is 2.02. The molecular weight excluding hydrogens is 327 g/mol. The van der Waals surface area contributed by atoms with Crippen LogP contribution in [0.3, 0.4) is 0 Å². The summed E-state index contributed by atoms with van der Waals surface area (Å²) in [6.45, 7) is 3.21. The van der Waals surface area contributed by atoms with Crippen LogP contribution in [0, 0.1) is 6.92 Å². The fraction of sp³-hybridized carbons (Fsp3) is 0.308. The molecular formula is C13H15IN2O. The van der Waals surface area contributed by atoms with E-state index < -0.39 is 0 Å². The molecule has 2 aromatic rings. The number of aromatic nitrogens is 2. The summed E-state index contributed by atoms with van der Waals surface area (Å²) in [7, 11) is 0. The van der Waals surface area contributed by atoms with E-state index in [0.717, 1.165) is 10.1 Å². The SMILES string of the molecule is Cc1cn(COCc2ccccc2)nc1CI. The van der Waals surface area contributed by atoms with E-state index in [1.54, 1.807) is 0 Å². The van der Waals surface area contributed by atoms with Gasteiger partial charge in [-0.05, 0) is 18.1 Å². The average Bonchev–Trinajstić information content (AvgIpc) is 2.71.